The quantitative estimate of drug-likeness (QED) is 0.820. The van der Waals surface area contributed by atoms with Crippen molar-refractivity contribution >= 4 is 23.0 Å². The molecule has 0 bridgehead atoms. The van der Waals surface area contributed by atoms with Crippen LogP contribution < -0.4 is 11.1 Å². The number of anilines is 2. The Balaban J connectivity index is 2.09. The lowest BCUT2D eigenvalue weighted by molar-refractivity contribution is 0.183. The number of ether oxygens (including phenoxy) is 1. The largest absolute Gasteiger partial charge is 0.397 e. The molecule has 1 heterocycles. The number of hydrogen-bond acceptors (Lipinski definition) is 3. The summed E-state index contributed by atoms with van der Waals surface area (Å²) >= 11 is 5.65. The van der Waals surface area contributed by atoms with Gasteiger partial charge in [-0.2, -0.15) is 0 Å². The SMILES string of the molecule is CC(Nc1cc(F)c(Cl)cc1N)C1CCOC1. The van der Waals surface area contributed by atoms with Gasteiger partial charge in [0.2, 0.25) is 0 Å². The van der Waals surface area contributed by atoms with Crippen LogP contribution in [-0.4, -0.2) is 19.3 Å². The molecule has 0 aliphatic carbocycles. The Morgan fingerprint density at radius 1 is 1.59 bits per heavy atom. The first kappa shape index (κ1) is 12.5. The zero-order valence-corrected chi connectivity index (χ0v) is 10.4. The summed E-state index contributed by atoms with van der Waals surface area (Å²) in [7, 11) is 0. The second-order valence-corrected chi connectivity index (χ2v) is 4.82. The molecule has 0 aromatic heterocycles. The summed E-state index contributed by atoms with van der Waals surface area (Å²) < 4.78 is 18.7. The third-order valence-corrected chi connectivity index (χ3v) is 3.44. The molecule has 1 aromatic rings. The molecule has 0 radical (unpaired) electrons. The average molecular weight is 259 g/mol. The van der Waals surface area contributed by atoms with E-state index in [4.69, 9.17) is 22.1 Å². The van der Waals surface area contributed by atoms with Crippen molar-refractivity contribution in [2.45, 2.75) is 19.4 Å². The highest BCUT2D eigenvalue weighted by Crippen LogP contribution is 2.28. The molecular formula is C12H16ClFN2O. The predicted molar refractivity (Wildman–Crippen MR) is 67.8 cm³/mol. The van der Waals surface area contributed by atoms with Crippen LogP contribution in [0.5, 0.6) is 0 Å². The van der Waals surface area contributed by atoms with Crippen LogP contribution in [-0.2, 0) is 4.74 Å². The molecule has 2 rings (SSSR count). The predicted octanol–water partition coefficient (Wildman–Crippen LogP) is 2.90. The molecule has 1 fully saturated rings. The monoisotopic (exact) mass is 258 g/mol. The van der Waals surface area contributed by atoms with Crippen molar-refractivity contribution in [2.24, 2.45) is 5.92 Å². The molecule has 5 heteroatoms. The molecule has 3 N–H and O–H groups in total. The number of hydrogen-bond donors (Lipinski definition) is 2. The minimum atomic E-state index is -0.460. The Hall–Kier alpha value is -1.00. The molecule has 2 unspecified atom stereocenters. The fourth-order valence-corrected chi connectivity index (χ4v) is 2.17. The standard InChI is InChI=1S/C12H16ClFN2O/c1-7(8-2-3-17-6-8)16-12-5-10(14)9(13)4-11(12)15/h4-5,7-8,16H,2-3,6,15H2,1H3. The highest BCUT2D eigenvalue weighted by atomic mass is 35.5. The van der Waals surface area contributed by atoms with Crippen LogP contribution in [0.25, 0.3) is 0 Å². The maximum Gasteiger partial charge on any atom is 0.143 e. The van der Waals surface area contributed by atoms with Gasteiger partial charge in [0.1, 0.15) is 5.82 Å². The van der Waals surface area contributed by atoms with Gasteiger partial charge in [-0.05, 0) is 19.4 Å². The van der Waals surface area contributed by atoms with Gasteiger partial charge in [-0.1, -0.05) is 11.6 Å². The van der Waals surface area contributed by atoms with Crippen molar-refractivity contribution in [3.05, 3.63) is 23.0 Å². The molecular weight excluding hydrogens is 243 g/mol. The molecule has 1 aliphatic heterocycles. The Morgan fingerprint density at radius 2 is 2.35 bits per heavy atom. The summed E-state index contributed by atoms with van der Waals surface area (Å²) in [5.41, 5.74) is 6.84. The fourth-order valence-electron chi connectivity index (χ4n) is 2.00. The van der Waals surface area contributed by atoms with E-state index >= 15 is 0 Å². The summed E-state index contributed by atoms with van der Waals surface area (Å²) in [5.74, 6) is -0.0219. The van der Waals surface area contributed by atoms with E-state index in [2.05, 4.69) is 5.32 Å². The summed E-state index contributed by atoms with van der Waals surface area (Å²) in [6.45, 7) is 3.58. The fraction of sp³-hybridized carbons (Fsp3) is 0.500. The van der Waals surface area contributed by atoms with E-state index in [1.54, 1.807) is 0 Å². The molecule has 2 atom stereocenters. The second kappa shape index (κ2) is 5.10. The number of rotatable bonds is 3. The van der Waals surface area contributed by atoms with E-state index in [9.17, 15) is 4.39 Å². The van der Waals surface area contributed by atoms with Gasteiger partial charge in [-0.3, -0.25) is 0 Å². The molecule has 0 amide bonds. The van der Waals surface area contributed by atoms with Crippen molar-refractivity contribution in [1.29, 1.82) is 0 Å². The molecule has 1 aliphatic rings. The maximum atomic E-state index is 13.3. The molecule has 1 aromatic carbocycles. The molecule has 17 heavy (non-hydrogen) atoms. The van der Waals surface area contributed by atoms with Gasteiger partial charge in [0.15, 0.2) is 0 Å². The van der Waals surface area contributed by atoms with Gasteiger partial charge < -0.3 is 15.8 Å². The molecule has 0 saturated carbocycles. The smallest absolute Gasteiger partial charge is 0.143 e. The van der Waals surface area contributed by atoms with Gasteiger partial charge in [-0.15, -0.1) is 0 Å². The summed E-state index contributed by atoms with van der Waals surface area (Å²) in [5, 5.41) is 3.26. The van der Waals surface area contributed by atoms with Gasteiger partial charge in [-0.25, -0.2) is 4.39 Å². The van der Waals surface area contributed by atoms with Crippen LogP contribution in [0.2, 0.25) is 5.02 Å². The van der Waals surface area contributed by atoms with Crippen LogP contribution >= 0.6 is 11.6 Å². The highest BCUT2D eigenvalue weighted by Gasteiger charge is 2.22. The lowest BCUT2D eigenvalue weighted by atomic mass is 10.0. The first-order chi connectivity index (χ1) is 8.08. The summed E-state index contributed by atoms with van der Waals surface area (Å²) in [6, 6.07) is 2.96. The van der Waals surface area contributed by atoms with Gasteiger partial charge >= 0.3 is 0 Å². The Bertz CT molecular complexity index is 408. The van der Waals surface area contributed by atoms with Crippen molar-refractivity contribution in [2.75, 3.05) is 24.3 Å². The van der Waals surface area contributed by atoms with E-state index in [1.165, 1.54) is 12.1 Å². The van der Waals surface area contributed by atoms with Crippen molar-refractivity contribution < 1.29 is 9.13 Å². The second-order valence-electron chi connectivity index (χ2n) is 4.41. The van der Waals surface area contributed by atoms with Crippen molar-refractivity contribution in [3.63, 3.8) is 0 Å². The first-order valence-corrected chi connectivity index (χ1v) is 6.04. The van der Waals surface area contributed by atoms with Gasteiger partial charge in [0.05, 0.1) is 23.0 Å². The lowest BCUT2D eigenvalue weighted by Crippen LogP contribution is -2.26. The minimum Gasteiger partial charge on any atom is -0.397 e. The lowest BCUT2D eigenvalue weighted by Gasteiger charge is -2.21. The zero-order chi connectivity index (χ0) is 12.4. The molecule has 3 nitrogen and oxygen atoms in total. The zero-order valence-electron chi connectivity index (χ0n) is 9.67. The average Bonchev–Trinajstić information content (AvgIpc) is 2.79. The Morgan fingerprint density at radius 3 is 3.00 bits per heavy atom. The van der Waals surface area contributed by atoms with E-state index < -0.39 is 5.82 Å². The van der Waals surface area contributed by atoms with Crippen LogP contribution in [0.15, 0.2) is 12.1 Å². The number of halogens is 2. The Kier molecular flexibility index (Phi) is 3.74. The molecule has 0 spiro atoms. The van der Waals surface area contributed by atoms with E-state index in [0.717, 1.165) is 19.6 Å². The first-order valence-electron chi connectivity index (χ1n) is 5.66. The third kappa shape index (κ3) is 2.82. The summed E-state index contributed by atoms with van der Waals surface area (Å²) in [4.78, 5) is 0. The normalized spacial score (nSPS) is 21.5. The number of benzene rings is 1. The van der Waals surface area contributed by atoms with Crippen molar-refractivity contribution in [3.8, 4) is 0 Å². The van der Waals surface area contributed by atoms with Crippen LogP contribution in [0.1, 0.15) is 13.3 Å². The molecule has 1 saturated heterocycles. The maximum absolute atomic E-state index is 13.3. The summed E-state index contributed by atoms with van der Waals surface area (Å²) in [6.07, 6.45) is 1.02. The van der Waals surface area contributed by atoms with Crippen LogP contribution in [0.4, 0.5) is 15.8 Å². The van der Waals surface area contributed by atoms with Crippen LogP contribution in [0.3, 0.4) is 0 Å². The molecule has 94 valence electrons. The van der Waals surface area contributed by atoms with E-state index in [-0.39, 0.29) is 11.1 Å². The number of nitrogen functional groups attached to an aromatic ring is 1. The van der Waals surface area contributed by atoms with Crippen molar-refractivity contribution in [1.82, 2.24) is 0 Å². The third-order valence-electron chi connectivity index (χ3n) is 3.15. The highest BCUT2D eigenvalue weighted by molar-refractivity contribution is 6.31. The van der Waals surface area contributed by atoms with Gasteiger partial charge in [0.25, 0.3) is 0 Å². The topological polar surface area (TPSA) is 47.3 Å². The number of nitrogens with one attached hydrogen (secondary N) is 1. The van der Waals surface area contributed by atoms with Gasteiger partial charge in [0, 0.05) is 24.6 Å². The van der Waals surface area contributed by atoms with E-state index in [1.807, 2.05) is 6.92 Å². The van der Waals surface area contributed by atoms with E-state index in [0.29, 0.717) is 17.3 Å². The number of nitrogens with two attached hydrogens (primary N) is 1. The van der Waals surface area contributed by atoms with Crippen LogP contribution in [0, 0.1) is 11.7 Å². The minimum absolute atomic E-state index is 0.0462. The Labute approximate surface area is 105 Å².